The van der Waals surface area contributed by atoms with Gasteiger partial charge in [0.15, 0.2) is 0 Å². The Labute approximate surface area is 99.5 Å². The van der Waals surface area contributed by atoms with E-state index in [0.29, 0.717) is 6.54 Å². The van der Waals surface area contributed by atoms with Crippen LogP contribution in [-0.2, 0) is 12.8 Å². The summed E-state index contributed by atoms with van der Waals surface area (Å²) in [7, 11) is 0. The van der Waals surface area contributed by atoms with Crippen LogP contribution in [-0.4, -0.2) is 23.7 Å². The highest BCUT2D eigenvalue weighted by molar-refractivity contribution is 7.14. The number of aliphatic hydroxyl groups is 1. The van der Waals surface area contributed by atoms with Crippen LogP contribution in [0.1, 0.15) is 39.9 Å². The Hall–Kier alpha value is -0.870. The number of aliphatic hydroxyl groups excluding tert-OH is 1. The zero-order chi connectivity index (χ0) is 11.5. The normalized spacial score (nSPS) is 16.6. The molecule has 0 fully saturated rings. The van der Waals surface area contributed by atoms with Crippen molar-refractivity contribution in [2.75, 3.05) is 6.54 Å². The smallest absolute Gasteiger partial charge is 0.261 e. The average molecular weight is 239 g/mol. The summed E-state index contributed by atoms with van der Waals surface area (Å²) in [5, 5.41) is 11.8. The minimum Gasteiger partial charge on any atom is -0.392 e. The maximum atomic E-state index is 11.8. The molecule has 1 aromatic heterocycles. The molecule has 2 rings (SSSR count). The second-order valence-corrected chi connectivity index (χ2v) is 5.46. The van der Waals surface area contributed by atoms with Gasteiger partial charge in [-0.3, -0.25) is 4.79 Å². The number of amides is 1. The van der Waals surface area contributed by atoms with Gasteiger partial charge in [0.1, 0.15) is 0 Å². The molecule has 0 aromatic carbocycles. The van der Waals surface area contributed by atoms with Gasteiger partial charge in [0.2, 0.25) is 0 Å². The number of rotatable bonds is 3. The summed E-state index contributed by atoms with van der Waals surface area (Å²) in [6.07, 6.45) is 4.21. The summed E-state index contributed by atoms with van der Waals surface area (Å²) in [4.78, 5) is 13.9. The van der Waals surface area contributed by atoms with Gasteiger partial charge in [-0.15, -0.1) is 11.3 Å². The van der Waals surface area contributed by atoms with E-state index in [4.69, 9.17) is 5.11 Å². The highest BCUT2D eigenvalue weighted by Gasteiger charge is 2.17. The van der Waals surface area contributed by atoms with E-state index in [1.54, 1.807) is 18.3 Å². The van der Waals surface area contributed by atoms with Crippen molar-refractivity contribution < 1.29 is 9.90 Å². The van der Waals surface area contributed by atoms with E-state index in [9.17, 15) is 4.79 Å². The molecule has 0 saturated carbocycles. The Balaban J connectivity index is 2.03. The lowest BCUT2D eigenvalue weighted by molar-refractivity contribution is 0.0928. The first-order chi connectivity index (χ1) is 7.66. The number of hydrogen-bond donors (Lipinski definition) is 2. The molecule has 1 aliphatic rings. The van der Waals surface area contributed by atoms with Gasteiger partial charge in [0.25, 0.3) is 5.91 Å². The fourth-order valence-electron chi connectivity index (χ4n) is 1.93. The maximum absolute atomic E-state index is 11.8. The van der Waals surface area contributed by atoms with Crippen LogP contribution in [0.3, 0.4) is 0 Å². The van der Waals surface area contributed by atoms with E-state index in [2.05, 4.69) is 5.32 Å². The zero-order valence-electron chi connectivity index (χ0n) is 9.45. The summed E-state index contributed by atoms with van der Waals surface area (Å²) in [6, 6.07) is 2.01. The fourth-order valence-corrected chi connectivity index (χ4v) is 3.10. The van der Waals surface area contributed by atoms with Crippen molar-refractivity contribution in [3.63, 3.8) is 0 Å². The summed E-state index contributed by atoms with van der Waals surface area (Å²) < 4.78 is 0. The van der Waals surface area contributed by atoms with E-state index in [1.807, 2.05) is 6.07 Å². The van der Waals surface area contributed by atoms with Crippen LogP contribution >= 0.6 is 11.3 Å². The van der Waals surface area contributed by atoms with Gasteiger partial charge in [-0.05, 0) is 44.2 Å². The fraction of sp³-hybridized carbons (Fsp3) is 0.583. The number of nitrogens with one attached hydrogen (secondary N) is 1. The maximum Gasteiger partial charge on any atom is 0.261 e. The molecule has 3 nitrogen and oxygen atoms in total. The number of carbonyl (C=O) groups is 1. The predicted molar refractivity (Wildman–Crippen MR) is 65.0 cm³/mol. The van der Waals surface area contributed by atoms with E-state index < -0.39 is 6.10 Å². The molecule has 4 heteroatoms. The van der Waals surface area contributed by atoms with Crippen LogP contribution in [0.5, 0.6) is 0 Å². The molecule has 16 heavy (non-hydrogen) atoms. The standard InChI is InChI=1S/C12H17NO2S/c1-8(14)7-13-12(15)11-6-9-4-2-3-5-10(9)16-11/h6,8,14H,2-5,7H2,1H3,(H,13,15). The molecule has 1 atom stereocenters. The van der Waals surface area contributed by atoms with Gasteiger partial charge >= 0.3 is 0 Å². The van der Waals surface area contributed by atoms with Crippen molar-refractivity contribution in [1.82, 2.24) is 5.32 Å². The Bertz CT molecular complexity index is 361. The molecule has 0 radical (unpaired) electrons. The van der Waals surface area contributed by atoms with Crippen molar-refractivity contribution in [3.8, 4) is 0 Å². The van der Waals surface area contributed by atoms with Crippen LogP contribution in [0.15, 0.2) is 6.07 Å². The third-order valence-corrected chi connectivity index (χ3v) is 4.01. The Morgan fingerprint density at radius 1 is 1.56 bits per heavy atom. The van der Waals surface area contributed by atoms with Gasteiger partial charge in [0, 0.05) is 11.4 Å². The van der Waals surface area contributed by atoms with E-state index in [-0.39, 0.29) is 5.91 Å². The topological polar surface area (TPSA) is 49.3 Å². The Kier molecular flexibility index (Phi) is 3.61. The van der Waals surface area contributed by atoms with Gasteiger partial charge in [-0.25, -0.2) is 0 Å². The predicted octanol–water partition coefficient (Wildman–Crippen LogP) is 1.74. The average Bonchev–Trinajstić information content (AvgIpc) is 2.69. The second-order valence-electron chi connectivity index (χ2n) is 4.33. The van der Waals surface area contributed by atoms with Gasteiger partial charge < -0.3 is 10.4 Å². The Morgan fingerprint density at radius 3 is 3.00 bits per heavy atom. The molecule has 0 aliphatic heterocycles. The van der Waals surface area contributed by atoms with Crippen LogP contribution < -0.4 is 5.32 Å². The van der Waals surface area contributed by atoms with Crippen molar-refractivity contribution >= 4 is 17.2 Å². The lowest BCUT2D eigenvalue weighted by Crippen LogP contribution is -2.29. The van der Waals surface area contributed by atoms with Crippen LogP contribution in [0.2, 0.25) is 0 Å². The summed E-state index contributed by atoms with van der Waals surface area (Å²) >= 11 is 1.60. The second kappa shape index (κ2) is 4.97. The molecule has 1 amide bonds. The van der Waals surface area contributed by atoms with E-state index in [1.165, 1.54) is 23.3 Å². The summed E-state index contributed by atoms with van der Waals surface area (Å²) in [6.45, 7) is 1.99. The molecule has 1 aliphatic carbocycles. The van der Waals surface area contributed by atoms with Gasteiger partial charge in [-0.2, -0.15) is 0 Å². The molecule has 0 bridgehead atoms. The number of aryl methyl sites for hydroxylation is 2. The lowest BCUT2D eigenvalue weighted by Gasteiger charge is -2.08. The third-order valence-electron chi connectivity index (χ3n) is 2.78. The summed E-state index contributed by atoms with van der Waals surface area (Å²) in [5.74, 6) is -0.0553. The quantitative estimate of drug-likeness (QED) is 0.844. The molecule has 0 saturated heterocycles. The molecule has 2 N–H and O–H groups in total. The van der Waals surface area contributed by atoms with Crippen molar-refractivity contribution in [1.29, 1.82) is 0 Å². The molecular formula is C12H17NO2S. The minimum atomic E-state index is -0.487. The minimum absolute atomic E-state index is 0.0553. The van der Waals surface area contributed by atoms with Crippen LogP contribution in [0, 0.1) is 0 Å². The largest absolute Gasteiger partial charge is 0.392 e. The van der Waals surface area contributed by atoms with E-state index >= 15 is 0 Å². The zero-order valence-corrected chi connectivity index (χ0v) is 10.3. The monoisotopic (exact) mass is 239 g/mol. The first kappa shape index (κ1) is 11.6. The third kappa shape index (κ3) is 2.62. The molecule has 1 aromatic rings. The number of thiophene rings is 1. The lowest BCUT2D eigenvalue weighted by atomic mass is 9.99. The molecule has 1 heterocycles. The van der Waals surface area contributed by atoms with Crippen LogP contribution in [0.25, 0.3) is 0 Å². The van der Waals surface area contributed by atoms with Crippen molar-refractivity contribution in [2.45, 2.75) is 38.7 Å². The van der Waals surface area contributed by atoms with Gasteiger partial charge in [-0.1, -0.05) is 0 Å². The SMILES string of the molecule is CC(O)CNC(=O)c1cc2c(s1)CCCC2. The van der Waals surface area contributed by atoms with Crippen molar-refractivity contribution in [2.24, 2.45) is 0 Å². The van der Waals surface area contributed by atoms with Crippen LogP contribution in [0.4, 0.5) is 0 Å². The molecule has 0 spiro atoms. The molecular weight excluding hydrogens is 222 g/mol. The number of fused-ring (bicyclic) bond motifs is 1. The molecule has 88 valence electrons. The van der Waals surface area contributed by atoms with Gasteiger partial charge in [0.05, 0.1) is 11.0 Å². The number of hydrogen-bond acceptors (Lipinski definition) is 3. The molecule has 1 unspecified atom stereocenters. The van der Waals surface area contributed by atoms with Crippen molar-refractivity contribution in [3.05, 3.63) is 21.4 Å². The van der Waals surface area contributed by atoms with E-state index in [0.717, 1.165) is 17.7 Å². The first-order valence-electron chi connectivity index (χ1n) is 5.74. The highest BCUT2D eigenvalue weighted by Crippen LogP contribution is 2.29. The summed E-state index contributed by atoms with van der Waals surface area (Å²) in [5.41, 5.74) is 1.35. The first-order valence-corrected chi connectivity index (χ1v) is 6.56. The highest BCUT2D eigenvalue weighted by atomic mass is 32.1. The Morgan fingerprint density at radius 2 is 2.31 bits per heavy atom. The number of carbonyl (C=O) groups excluding carboxylic acids is 1.